The number of nitrogens with one attached hydrogen (secondary N) is 4. The van der Waals surface area contributed by atoms with Crippen molar-refractivity contribution in [3.05, 3.63) is 78.1 Å². The van der Waals surface area contributed by atoms with E-state index in [2.05, 4.69) is 77.0 Å². The number of hydrogen-bond donors (Lipinski definition) is 4. The molecule has 0 radical (unpaired) electrons. The van der Waals surface area contributed by atoms with Gasteiger partial charge in [-0.2, -0.15) is 0 Å². The zero-order chi connectivity index (χ0) is 35.2. The van der Waals surface area contributed by atoms with Gasteiger partial charge in [-0.1, -0.05) is 12.8 Å². The van der Waals surface area contributed by atoms with Gasteiger partial charge in [0.1, 0.15) is 6.04 Å². The van der Waals surface area contributed by atoms with Crippen LogP contribution in [0.1, 0.15) is 54.6 Å². The van der Waals surface area contributed by atoms with E-state index in [1.165, 1.54) is 24.2 Å². The van der Waals surface area contributed by atoms with Crippen molar-refractivity contribution in [2.24, 2.45) is 5.92 Å². The van der Waals surface area contributed by atoms with Gasteiger partial charge in [0.05, 0.1) is 17.0 Å². The van der Waals surface area contributed by atoms with Crippen molar-refractivity contribution in [2.45, 2.75) is 50.0 Å². The van der Waals surface area contributed by atoms with E-state index < -0.39 is 0 Å². The lowest BCUT2D eigenvalue weighted by atomic mass is 9.78. The summed E-state index contributed by atoms with van der Waals surface area (Å²) in [4.78, 5) is 56.8. The number of carbonyl (C=O) groups excluding carboxylic acids is 3. The third-order valence-corrected chi connectivity index (χ3v) is 11.8. The Balaban J connectivity index is 0.759. The molecular weight excluding hydrogens is 654 g/mol. The Kier molecular flexibility index (Phi) is 8.41. The first-order valence-electron chi connectivity index (χ1n) is 18.8. The molecule has 2 aromatic heterocycles. The van der Waals surface area contributed by atoms with E-state index in [1.54, 1.807) is 6.20 Å². The molecule has 4 aliphatic heterocycles. The van der Waals surface area contributed by atoms with Gasteiger partial charge in [-0.15, -0.1) is 0 Å². The maximum atomic E-state index is 12.7. The number of imide groups is 1. The van der Waals surface area contributed by atoms with Gasteiger partial charge < -0.3 is 25.4 Å². The maximum Gasteiger partial charge on any atom is 0.253 e. The van der Waals surface area contributed by atoms with E-state index in [1.807, 2.05) is 24.3 Å². The molecule has 4 aromatic rings. The number of piperidine rings is 1. The molecule has 12 heteroatoms. The first kappa shape index (κ1) is 32.7. The van der Waals surface area contributed by atoms with Gasteiger partial charge in [-0.05, 0) is 79.9 Å². The summed E-state index contributed by atoms with van der Waals surface area (Å²) < 4.78 is 0. The molecule has 3 amide bonds. The number of fused-ring (bicyclic) bond motifs is 2. The van der Waals surface area contributed by atoms with Gasteiger partial charge in [0.2, 0.25) is 11.8 Å². The molecular formula is C40H45N9O3. The molecule has 2 aromatic carbocycles. The van der Waals surface area contributed by atoms with E-state index in [0.717, 1.165) is 92.6 Å². The monoisotopic (exact) mass is 699 g/mol. The molecule has 1 spiro atoms. The minimum Gasteiger partial charge on any atom is -0.374 e. The average molecular weight is 700 g/mol. The van der Waals surface area contributed by atoms with Crippen LogP contribution in [0.15, 0.2) is 66.9 Å². The summed E-state index contributed by atoms with van der Waals surface area (Å²) in [6.45, 7) is 8.00. The maximum absolute atomic E-state index is 12.7. The number of hydrogen-bond acceptors (Lipinski definition) is 9. The van der Waals surface area contributed by atoms with Crippen LogP contribution in [0, 0.1) is 5.92 Å². The third kappa shape index (κ3) is 6.29. The number of benzene rings is 2. The Morgan fingerprint density at radius 1 is 0.865 bits per heavy atom. The Morgan fingerprint density at radius 2 is 1.60 bits per heavy atom. The van der Waals surface area contributed by atoms with Gasteiger partial charge in [0.15, 0.2) is 5.82 Å². The molecule has 6 heterocycles. The molecule has 1 atom stereocenters. The van der Waals surface area contributed by atoms with Crippen LogP contribution in [0.2, 0.25) is 0 Å². The zero-order valence-electron chi connectivity index (χ0n) is 29.4. The molecule has 268 valence electrons. The van der Waals surface area contributed by atoms with Crippen LogP contribution >= 0.6 is 0 Å². The third-order valence-electron chi connectivity index (χ3n) is 11.8. The molecule has 9 rings (SSSR count). The smallest absolute Gasteiger partial charge is 0.253 e. The number of nitrogens with zero attached hydrogens (tertiary/aromatic N) is 5. The number of amides is 3. The molecule has 4 fully saturated rings. The molecule has 52 heavy (non-hydrogen) atoms. The van der Waals surface area contributed by atoms with Crippen LogP contribution < -0.4 is 25.8 Å². The predicted octanol–water partition coefficient (Wildman–Crippen LogP) is 4.17. The fraction of sp³-hybridized carbons (Fsp3) is 0.425. The number of H-pyrrole nitrogens is 1. The second-order valence-electron chi connectivity index (χ2n) is 15.2. The number of anilines is 3. The van der Waals surface area contributed by atoms with Gasteiger partial charge in [-0.3, -0.25) is 24.6 Å². The average Bonchev–Trinajstić information content (AvgIpc) is 3.83. The number of aromatic nitrogens is 3. The van der Waals surface area contributed by atoms with Crippen molar-refractivity contribution in [3.8, 4) is 22.8 Å². The van der Waals surface area contributed by atoms with Crippen molar-refractivity contribution in [3.63, 3.8) is 0 Å². The minimum atomic E-state index is -0.368. The minimum absolute atomic E-state index is 0.00214. The van der Waals surface area contributed by atoms with Gasteiger partial charge >= 0.3 is 0 Å². The summed E-state index contributed by atoms with van der Waals surface area (Å²) in [6, 6.07) is 20.3. The van der Waals surface area contributed by atoms with Crippen LogP contribution in [0.5, 0.6) is 0 Å². The topological polar surface area (TPSA) is 139 Å². The van der Waals surface area contributed by atoms with Crippen molar-refractivity contribution < 1.29 is 14.4 Å². The first-order valence-corrected chi connectivity index (χ1v) is 18.8. The summed E-state index contributed by atoms with van der Waals surface area (Å²) in [5.41, 5.74) is 7.81. The highest BCUT2D eigenvalue weighted by molar-refractivity contribution is 6.01. The summed E-state index contributed by atoms with van der Waals surface area (Å²) >= 11 is 0. The van der Waals surface area contributed by atoms with Crippen molar-refractivity contribution in [1.82, 2.24) is 30.5 Å². The lowest BCUT2D eigenvalue weighted by molar-refractivity contribution is -0.133. The second kappa shape index (κ2) is 13.4. The molecule has 3 saturated heterocycles. The number of piperazine rings is 1. The number of carbonyl (C=O) groups is 3. The van der Waals surface area contributed by atoms with E-state index in [-0.39, 0.29) is 29.2 Å². The summed E-state index contributed by atoms with van der Waals surface area (Å²) in [7, 11) is 0. The Morgan fingerprint density at radius 3 is 2.35 bits per heavy atom. The van der Waals surface area contributed by atoms with Crippen molar-refractivity contribution in [1.29, 1.82) is 0 Å². The Bertz CT molecular complexity index is 1970. The van der Waals surface area contributed by atoms with Gasteiger partial charge in [0.25, 0.3) is 5.91 Å². The fourth-order valence-electron chi connectivity index (χ4n) is 8.82. The second-order valence-corrected chi connectivity index (χ2v) is 15.2. The van der Waals surface area contributed by atoms with E-state index in [0.29, 0.717) is 31.1 Å². The lowest BCUT2D eigenvalue weighted by Crippen LogP contribution is -2.55. The Labute approximate surface area is 303 Å². The highest BCUT2D eigenvalue weighted by atomic mass is 16.2. The number of aromatic amines is 1. The summed E-state index contributed by atoms with van der Waals surface area (Å²) in [6.07, 6.45) is 7.28. The normalized spacial score (nSPS) is 21.8. The summed E-state index contributed by atoms with van der Waals surface area (Å²) in [5, 5.41) is 8.78. The quantitative estimate of drug-likeness (QED) is 0.200. The summed E-state index contributed by atoms with van der Waals surface area (Å²) in [5.74, 6) is 0.878. The van der Waals surface area contributed by atoms with E-state index in [4.69, 9.17) is 4.98 Å². The molecule has 1 aliphatic carbocycles. The molecule has 5 aliphatic rings. The van der Waals surface area contributed by atoms with Crippen LogP contribution in [0.25, 0.3) is 22.8 Å². The molecule has 1 unspecified atom stereocenters. The first-order chi connectivity index (χ1) is 25.4. The van der Waals surface area contributed by atoms with Gasteiger partial charge in [0, 0.05) is 105 Å². The van der Waals surface area contributed by atoms with Crippen molar-refractivity contribution >= 4 is 34.8 Å². The molecule has 12 nitrogen and oxygen atoms in total. The number of rotatable bonds is 8. The molecule has 1 saturated carbocycles. The van der Waals surface area contributed by atoms with E-state index in [9.17, 15) is 14.4 Å². The van der Waals surface area contributed by atoms with Crippen molar-refractivity contribution in [2.75, 3.05) is 67.5 Å². The van der Waals surface area contributed by atoms with Gasteiger partial charge in [-0.25, -0.2) is 9.97 Å². The van der Waals surface area contributed by atoms with Crippen LogP contribution in [0.4, 0.5) is 17.1 Å². The highest BCUT2D eigenvalue weighted by Gasteiger charge is 2.43. The van der Waals surface area contributed by atoms with Crippen LogP contribution in [0.3, 0.4) is 0 Å². The molecule has 0 bridgehead atoms. The molecule has 4 N–H and O–H groups in total. The fourth-order valence-corrected chi connectivity index (χ4v) is 8.82. The predicted molar refractivity (Wildman–Crippen MR) is 200 cm³/mol. The van der Waals surface area contributed by atoms with Crippen LogP contribution in [-0.2, 0) is 15.0 Å². The lowest BCUT2D eigenvalue weighted by Gasteiger charge is -2.45. The SMILES string of the molecule is O=C1CCC(Nc2ccc(N3CC(CN4CCN(c5ccc(-c6nccc(-c7cc8c([nH]7)C7(CCCC7)CNC8=O)n6)cc5)CC4)C3)cc2)C(=O)N1. The van der Waals surface area contributed by atoms with E-state index >= 15 is 0 Å². The largest absolute Gasteiger partial charge is 0.374 e. The Hall–Kier alpha value is -5.23. The standard InChI is InChI=1S/C40H45N9O3/c50-35-12-11-33(39(52)46-35)43-28-5-9-30(10-6-28)49-23-26(24-49)22-47-17-19-48(20-18-47)29-7-3-27(4-8-29)37-41-16-13-32(45-37)34-21-31-36(44-34)40(14-1-2-15-40)25-42-38(31)51/h3-10,13,16,21,26,33,43-44H,1-2,11-12,14-15,17-20,22-25H2,(H,42,51)(H,46,50,52). The van der Waals surface area contributed by atoms with Crippen LogP contribution in [-0.4, -0.2) is 96.0 Å². The zero-order valence-corrected chi connectivity index (χ0v) is 29.4. The highest BCUT2D eigenvalue weighted by Crippen LogP contribution is 2.44.